The fourth-order valence-corrected chi connectivity index (χ4v) is 5.62. The number of carbonyl (C=O) groups is 2. The van der Waals surface area contributed by atoms with E-state index in [1.54, 1.807) is 14.0 Å². The lowest BCUT2D eigenvalue weighted by Crippen LogP contribution is -2.35. The summed E-state index contributed by atoms with van der Waals surface area (Å²) in [5.41, 5.74) is 0.959. The van der Waals surface area contributed by atoms with Crippen LogP contribution < -0.4 is 10.1 Å². The second-order valence-electron chi connectivity index (χ2n) is 6.27. The summed E-state index contributed by atoms with van der Waals surface area (Å²) in [6.45, 7) is 2.00. The molecule has 0 radical (unpaired) electrons. The Morgan fingerprint density at radius 3 is 2.69 bits per heavy atom. The van der Waals surface area contributed by atoms with Crippen LogP contribution in [-0.2, 0) is 20.9 Å². The molecule has 1 aromatic carbocycles. The summed E-state index contributed by atoms with van der Waals surface area (Å²) in [5, 5.41) is 3.52. The zero-order valence-corrected chi connectivity index (χ0v) is 17.0. The van der Waals surface area contributed by atoms with E-state index in [9.17, 15) is 9.59 Å². The maximum Gasteiger partial charge on any atom is 0.306 e. The van der Waals surface area contributed by atoms with E-state index in [1.807, 2.05) is 45.9 Å². The number of unbranched alkanes of at least 4 members (excludes halogenated alkanes) is 1. The van der Waals surface area contributed by atoms with E-state index < -0.39 is 6.10 Å². The van der Waals surface area contributed by atoms with Crippen LogP contribution in [0, 0.1) is 0 Å². The van der Waals surface area contributed by atoms with Crippen molar-refractivity contribution in [2.45, 2.75) is 56.9 Å². The fraction of sp³-hybridized carbons (Fsp3) is 0.579. The summed E-state index contributed by atoms with van der Waals surface area (Å²) >= 11 is 0. The topological polar surface area (TPSA) is 64.6 Å². The predicted octanol–water partition coefficient (Wildman–Crippen LogP) is 3.96. The van der Waals surface area contributed by atoms with Gasteiger partial charge in [0.25, 0.3) is 5.91 Å². The number of ether oxygens (including phenoxy) is 2. The van der Waals surface area contributed by atoms with E-state index >= 15 is 0 Å². The van der Waals surface area contributed by atoms with Gasteiger partial charge in [0.15, 0.2) is 6.10 Å². The van der Waals surface area contributed by atoms with Crippen molar-refractivity contribution in [1.82, 2.24) is 5.32 Å². The lowest BCUT2D eigenvalue weighted by molar-refractivity contribution is -0.155. The van der Waals surface area contributed by atoms with E-state index in [4.69, 9.17) is 9.47 Å². The Morgan fingerprint density at radius 2 is 2.04 bits per heavy atom. The van der Waals surface area contributed by atoms with Crippen molar-refractivity contribution in [1.29, 1.82) is 0 Å². The molecular formula is C19H27NO4S2. The Labute approximate surface area is 163 Å². The van der Waals surface area contributed by atoms with Crippen LogP contribution in [0.2, 0.25) is 0 Å². The zero-order chi connectivity index (χ0) is 18.8. The molecule has 1 N–H and O–H groups in total. The highest BCUT2D eigenvalue weighted by molar-refractivity contribution is 8.77. The number of rotatable bonds is 10. The minimum absolute atomic E-state index is 0.284. The first-order chi connectivity index (χ1) is 12.6. The molecule has 0 spiro atoms. The van der Waals surface area contributed by atoms with Gasteiger partial charge in [-0.2, -0.15) is 0 Å². The molecule has 1 aliphatic heterocycles. The molecular weight excluding hydrogens is 370 g/mol. The Morgan fingerprint density at radius 1 is 1.27 bits per heavy atom. The smallest absolute Gasteiger partial charge is 0.306 e. The fourth-order valence-electron chi connectivity index (χ4n) is 2.59. The molecule has 0 unspecified atom stereocenters. The van der Waals surface area contributed by atoms with Gasteiger partial charge in [-0.15, -0.1) is 0 Å². The van der Waals surface area contributed by atoms with Gasteiger partial charge in [0.2, 0.25) is 0 Å². The number of nitrogens with one attached hydrogen (secondary N) is 1. The van der Waals surface area contributed by atoms with E-state index in [0.717, 1.165) is 35.8 Å². The molecule has 0 aliphatic carbocycles. The van der Waals surface area contributed by atoms with Crippen LogP contribution in [0.1, 0.15) is 44.6 Å². The number of hydrogen-bond acceptors (Lipinski definition) is 6. The van der Waals surface area contributed by atoms with Crippen molar-refractivity contribution in [3.05, 3.63) is 29.8 Å². The second kappa shape index (κ2) is 11.4. The van der Waals surface area contributed by atoms with Crippen LogP contribution in [0.25, 0.3) is 0 Å². The third-order valence-corrected chi connectivity index (χ3v) is 7.19. The van der Waals surface area contributed by atoms with E-state index in [1.165, 1.54) is 12.2 Å². The van der Waals surface area contributed by atoms with Gasteiger partial charge in [-0.05, 0) is 43.9 Å². The normalized spacial score (nSPS) is 17.5. The highest BCUT2D eigenvalue weighted by Gasteiger charge is 2.18. The van der Waals surface area contributed by atoms with Gasteiger partial charge in [-0.3, -0.25) is 9.59 Å². The predicted molar refractivity (Wildman–Crippen MR) is 107 cm³/mol. The largest absolute Gasteiger partial charge is 0.497 e. The Kier molecular flexibility index (Phi) is 9.18. The van der Waals surface area contributed by atoms with Crippen molar-refractivity contribution in [3.63, 3.8) is 0 Å². The van der Waals surface area contributed by atoms with Gasteiger partial charge in [0.1, 0.15) is 5.75 Å². The van der Waals surface area contributed by atoms with Crippen LogP contribution in [0.5, 0.6) is 5.75 Å². The average molecular weight is 398 g/mol. The molecule has 0 bridgehead atoms. The number of methoxy groups -OCH3 is 1. The Balaban J connectivity index is 1.59. The summed E-state index contributed by atoms with van der Waals surface area (Å²) in [6.07, 6.45) is 3.88. The number of carbonyl (C=O) groups excluding carboxylic acids is 2. The van der Waals surface area contributed by atoms with Gasteiger partial charge in [0.05, 0.1) is 7.11 Å². The van der Waals surface area contributed by atoms with Crippen molar-refractivity contribution < 1.29 is 19.1 Å². The Hall–Kier alpha value is -1.34. The van der Waals surface area contributed by atoms with Crippen molar-refractivity contribution >= 4 is 33.5 Å². The lowest BCUT2D eigenvalue weighted by Gasteiger charge is -2.14. The molecule has 144 valence electrons. The molecule has 26 heavy (non-hydrogen) atoms. The van der Waals surface area contributed by atoms with Crippen molar-refractivity contribution in [2.75, 3.05) is 12.9 Å². The molecule has 2 atom stereocenters. The molecule has 1 aliphatic rings. The zero-order valence-electron chi connectivity index (χ0n) is 15.4. The minimum Gasteiger partial charge on any atom is -0.497 e. The molecule has 7 heteroatoms. The number of amides is 1. The molecule has 1 aromatic rings. The first kappa shape index (κ1) is 21.0. The number of hydrogen-bond donors (Lipinski definition) is 1. The molecule has 0 aromatic heterocycles. The van der Waals surface area contributed by atoms with E-state index in [2.05, 4.69) is 5.32 Å². The third-order valence-electron chi connectivity index (χ3n) is 4.19. The highest BCUT2D eigenvalue weighted by Crippen LogP contribution is 2.39. The standard InChI is InChI=1S/C19H27NO4S2/c1-14(19(22)20-13-15-7-9-16(23-2)10-8-15)24-18(21)6-4-3-5-17-11-12-25-26-17/h7-10,14,17H,3-6,11-13H2,1-2H3,(H,20,22)/t14-,17+/m0/s1. The SMILES string of the molecule is COc1ccc(CNC(=O)[C@H](C)OC(=O)CCCC[C@@H]2CCSS2)cc1. The minimum atomic E-state index is -0.775. The van der Waals surface area contributed by atoms with Crippen molar-refractivity contribution in [3.8, 4) is 5.75 Å². The maximum atomic E-state index is 12.1. The van der Waals surface area contributed by atoms with E-state index in [0.29, 0.717) is 13.0 Å². The third kappa shape index (κ3) is 7.50. The number of benzene rings is 1. The average Bonchev–Trinajstić information content (AvgIpc) is 3.17. The highest BCUT2D eigenvalue weighted by atomic mass is 33.1. The number of esters is 1. The molecule has 2 rings (SSSR count). The van der Waals surface area contributed by atoms with Crippen LogP contribution in [0.4, 0.5) is 0 Å². The van der Waals surface area contributed by atoms with Gasteiger partial charge in [-0.1, -0.05) is 40.1 Å². The van der Waals surface area contributed by atoms with Crippen molar-refractivity contribution in [2.24, 2.45) is 0 Å². The molecule has 1 amide bonds. The maximum absolute atomic E-state index is 12.1. The van der Waals surface area contributed by atoms with Crippen LogP contribution in [-0.4, -0.2) is 36.1 Å². The van der Waals surface area contributed by atoms with Gasteiger partial charge in [-0.25, -0.2) is 0 Å². The summed E-state index contributed by atoms with van der Waals surface area (Å²) in [6, 6.07) is 7.45. The molecule has 1 heterocycles. The van der Waals surface area contributed by atoms with E-state index in [-0.39, 0.29) is 11.9 Å². The van der Waals surface area contributed by atoms with Gasteiger partial charge < -0.3 is 14.8 Å². The first-order valence-electron chi connectivity index (χ1n) is 8.97. The van der Waals surface area contributed by atoms with Crippen LogP contribution in [0.15, 0.2) is 24.3 Å². The summed E-state index contributed by atoms with van der Waals surface area (Å²) in [4.78, 5) is 23.9. The van der Waals surface area contributed by atoms with Crippen LogP contribution in [0.3, 0.4) is 0 Å². The monoisotopic (exact) mass is 397 g/mol. The molecule has 0 saturated carbocycles. The molecule has 1 saturated heterocycles. The quantitative estimate of drug-likeness (QED) is 0.366. The Bertz CT molecular complexity index is 573. The molecule has 5 nitrogen and oxygen atoms in total. The lowest BCUT2D eigenvalue weighted by atomic mass is 10.1. The first-order valence-corrected chi connectivity index (χ1v) is 11.3. The van der Waals surface area contributed by atoms with Crippen LogP contribution >= 0.6 is 21.6 Å². The summed E-state index contributed by atoms with van der Waals surface area (Å²) in [5.74, 6) is 1.42. The summed E-state index contributed by atoms with van der Waals surface area (Å²) < 4.78 is 10.3. The molecule has 1 fully saturated rings. The van der Waals surface area contributed by atoms with Gasteiger partial charge in [0, 0.05) is 24.0 Å². The summed E-state index contributed by atoms with van der Waals surface area (Å²) in [7, 11) is 5.51. The van der Waals surface area contributed by atoms with Gasteiger partial charge >= 0.3 is 5.97 Å². The second-order valence-corrected chi connectivity index (χ2v) is 9.06.